The minimum Gasteiger partial charge on any atom is -0.493 e. The van der Waals surface area contributed by atoms with Crippen LogP contribution in [0, 0.1) is 11.8 Å². The third kappa shape index (κ3) is 2.34. The molecular weight excluding hydrogens is 240 g/mol. The topological polar surface area (TPSA) is 35.5 Å². The first-order valence-electron chi connectivity index (χ1n) is 7.03. The van der Waals surface area contributed by atoms with Crippen molar-refractivity contribution in [2.24, 2.45) is 11.8 Å². The number of ether oxygens (including phenoxy) is 2. The molecule has 3 rings (SSSR count). The average molecular weight is 260 g/mol. The van der Waals surface area contributed by atoms with Crippen LogP contribution in [0.5, 0.6) is 11.5 Å². The van der Waals surface area contributed by atoms with E-state index >= 15 is 0 Å². The smallest absolute Gasteiger partial charge is 0.161 e. The van der Waals surface area contributed by atoms with Crippen LogP contribution < -0.4 is 9.47 Å². The first-order valence-corrected chi connectivity index (χ1v) is 7.03. The zero-order valence-electron chi connectivity index (χ0n) is 11.5. The molecule has 2 fully saturated rings. The van der Waals surface area contributed by atoms with Gasteiger partial charge in [0.2, 0.25) is 0 Å². The fourth-order valence-corrected chi connectivity index (χ4v) is 3.48. The third-order valence-electron chi connectivity index (χ3n) is 4.52. The van der Waals surface area contributed by atoms with Gasteiger partial charge in [-0.05, 0) is 62.6 Å². The molecule has 3 nitrogen and oxygen atoms in total. The van der Waals surface area contributed by atoms with Gasteiger partial charge < -0.3 is 9.47 Å². The fraction of sp³-hybridized carbons (Fsp3) is 0.562. The van der Waals surface area contributed by atoms with Crippen molar-refractivity contribution in [3.05, 3.63) is 23.8 Å². The lowest BCUT2D eigenvalue weighted by molar-refractivity contribution is 0.101. The van der Waals surface area contributed by atoms with Crippen molar-refractivity contribution in [2.75, 3.05) is 7.11 Å². The predicted octanol–water partition coefficient (Wildman–Crippen LogP) is 3.47. The Hall–Kier alpha value is -1.51. The first kappa shape index (κ1) is 12.5. The molecule has 0 heterocycles. The van der Waals surface area contributed by atoms with E-state index in [4.69, 9.17) is 9.47 Å². The van der Waals surface area contributed by atoms with Crippen LogP contribution in [0.1, 0.15) is 43.0 Å². The number of ketones is 1. The van der Waals surface area contributed by atoms with Crippen molar-refractivity contribution in [1.29, 1.82) is 0 Å². The lowest BCUT2D eigenvalue weighted by Gasteiger charge is -2.24. The highest BCUT2D eigenvalue weighted by molar-refractivity contribution is 5.94. The molecule has 3 atom stereocenters. The van der Waals surface area contributed by atoms with Gasteiger partial charge >= 0.3 is 0 Å². The summed E-state index contributed by atoms with van der Waals surface area (Å²) >= 11 is 0. The van der Waals surface area contributed by atoms with Crippen LogP contribution in [0.2, 0.25) is 0 Å². The van der Waals surface area contributed by atoms with Gasteiger partial charge in [-0.3, -0.25) is 4.79 Å². The normalized spacial score (nSPS) is 28.4. The second-order valence-corrected chi connectivity index (χ2v) is 5.75. The van der Waals surface area contributed by atoms with E-state index in [1.165, 1.54) is 25.7 Å². The summed E-state index contributed by atoms with van der Waals surface area (Å²) in [5.74, 6) is 3.05. The number of carbonyl (C=O) groups is 1. The van der Waals surface area contributed by atoms with Gasteiger partial charge in [0.1, 0.15) is 6.10 Å². The average Bonchev–Trinajstić information content (AvgIpc) is 3.01. The molecule has 0 amide bonds. The molecule has 2 aliphatic carbocycles. The van der Waals surface area contributed by atoms with Crippen molar-refractivity contribution < 1.29 is 14.3 Å². The summed E-state index contributed by atoms with van der Waals surface area (Å²) in [5.41, 5.74) is 0.664. The van der Waals surface area contributed by atoms with Gasteiger partial charge in [-0.1, -0.05) is 0 Å². The Bertz CT molecular complexity index is 495. The highest BCUT2D eigenvalue weighted by atomic mass is 16.5. The Morgan fingerprint density at radius 1 is 1.21 bits per heavy atom. The van der Waals surface area contributed by atoms with Gasteiger partial charge in [0.15, 0.2) is 17.3 Å². The molecule has 2 bridgehead atoms. The Morgan fingerprint density at radius 3 is 2.63 bits per heavy atom. The van der Waals surface area contributed by atoms with Crippen LogP contribution in [0.3, 0.4) is 0 Å². The van der Waals surface area contributed by atoms with Crippen molar-refractivity contribution in [1.82, 2.24) is 0 Å². The lowest BCUT2D eigenvalue weighted by atomic mass is 9.97. The Morgan fingerprint density at radius 2 is 2.05 bits per heavy atom. The third-order valence-corrected chi connectivity index (χ3v) is 4.52. The number of carbonyl (C=O) groups excluding carboxylic acids is 1. The first-order chi connectivity index (χ1) is 9.17. The van der Waals surface area contributed by atoms with Gasteiger partial charge in [0, 0.05) is 5.56 Å². The molecule has 0 aliphatic heterocycles. The zero-order valence-corrected chi connectivity index (χ0v) is 11.5. The van der Waals surface area contributed by atoms with Crippen LogP contribution in [0.15, 0.2) is 18.2 Å². The molecule has 19 heavy (non-hydrogen) atoms. The molecule has 2 saturated carbocycles. The maximum Gasteiger partial charge on any atom is 0.161 e. The minimum absolute atomic E-state index is 0.0461. The molecule has 0 spiro atoms. The highest BCUT2D eigenvalue weighted by Gasteiger charge is 2.41. The quantitative estimate of drug-likeness (QED) is 0.778. The monoisotopic (exact) mass is 260 g/mol. The van der Waals surface area contributed by atoms with Gasteiger partial charge in [0.25, 0.3) is 0 Å². The number of fused-ring (bicyclic) bond motifs is 2. The minimum atomic E-state index is 0.0461. The van der Waals surface area contributed by atoms with Crippen LogP contribution in [-0.4, -0.2) is 19.0 Å². The lowest BCUT2D eigenvalue weighted by Crippen LogP contribution is -2.23. The molecule has 2 aliphatic rings. The second kappa shape index (κ2) is 4.87. The van der Waals surface area contributed by atoms with E-state index in [2.05, 4.69) is 0 Å². The van der Waals surface area contributed by atoms with Crippen molar-refractivity contribution in [2.45, 2.75) is 38.7 Å². The highest BCUT2D eigenvalue weighted by Crippen LogP contribution is 2.46. The second-order valence-electron chi connectivity index (χ2n) is 5.75. The predicted molar refractivity (Wildman–Crippen MR) is 72.9 cm³/mol. The summed E-state index contributed by atoms with van der Waals surface area (Å²) in [4.78, 5) is 11.4. The van der Waals surface area contributed by atoms with Crippen molar-refractivity contribution in [3.8, 4) is 11.5 Å². The molecule has 0 N–H and O–H groups in total. The molecule has 1 aromatic carbocycles. The molecule has 102 valence electrons. The maximum atomic E-state index is 11.4. The molecule has 0 radical (unpaired) electrons. The standard InChI is InChI=1S/C16H20O3/c1-10(17)12-5-6-14(16(9-12)18-2)19-15-8-11-3-4-13(15)7-11/h5-6,9,11,13,15H,3-4,7-8H2,1-2H3. The van der Waals surface area contributed by atoms with Crippen LogP contribution in [-0.2, 0) is 0 Å². The Balaban J connectivity index is 1.78. The number of benzene rings is 1. The zero-order chi connectivity index (χ0) is 13.4. The van der Waals surface area contributed by atoms with E-state index in [9.17, 15) is 4.79 Å². The molecule has 3 unspecified atom stereocenters. The van der Waals surface area contributed by atoms with Gasteiger partial charge in [-0.2, -0.15) is 0 Å². The summed E-state index contributed by atoms with van der Waals surface area (Å²) in [6, 6.07) is 5.44. The molecule has 0 aromatic heterocycles. The van der Waals surface area contributed by atoms with Gasteiger partial charge in [0.05, 0.1) is 7.11 Å². The summed E-state index contributed by atoms with van der Waals surface area (Å²) in [6.45, 7) is 1.56. The number of hydrogen-bond acceptors (Lipinski definition) is 3. The van der Waals surface area contributed by atoms with E-state index in [0.717, 1.165) is 11.7 Å². The Labute approximate surface area is 113 Å². The summed E-state index contributed by atoms with van der Waals surface area (Å²) in [5, 5.41) is 0. The van der Waals surface area contributed by atoms with E-state index < -0.39 is 0 Å². The summed E-state index contributed by atoms with van der Waals surface area (Å²) in [6.07, 6.45) is 5.48. The molecule has 3 heteroatoms. The molecule has 1 aromatic rings. The largest absolute Gasteiger partial charge is 0.493 e. The SMILES string of the molecule is COc1cc(C(C)=O)ccc1OC1CC2CCC1C2. The number of rotatable bonds is 4. The van der Waals surface area contributed by atoms with E-state index in [1.54, 1.807) is 20.1 Å². The van der Waals surface area contributed by atoms with Crippen molar-refractivity contribution in [3.63, 3.8) is 0 Å². The summed E-state index contributed by atoms with van der Waals surface area (Å²) < 4.78 is 11.5. The van der Waals surface area contributed by atoms with Crippen LogP contribution in [0.25, 0.3) is 0 Å². The van der Waals surface area contributed by atoms with E-state index in [0.29, 0.717) is 23.3 Å². The molecule has 0 saturated heterocycles. The van der Waals surface area contributed by atoms with E-state index in [-0.39, 0.29) is 5.78 Å². The molecular formula is C16H20O3. The van der Waals surface area contributed by atoms with Crippen LogP contribution >= 0.6 is 0 Å². The Kier molecular flexibility index (Phi) is 3.21. The summed E-state index contributed by atoms with van der Waals surface area (Å²) in [7, 11) is 1.62. The number of Topliss-reactive ketones (excluding diaryl/α,β-unsaturated/α-hetero) is 1. The van der Waals surface area contributed by atoms with Gasteiger partial charge in [-0.25, -0.2) is 0 Å². The fourth-order valence-electron chi connectivity index (χ4n) is 3.48. The van der Waals surface area contributed by atoms with Crippen LogP contribution in [0.4, 0.5) is 0 Å². The van der Waals surface area contributed by atoms with Crippen molar-refractivity contribution >= 4 is 5.78 Å². The number of methoxy groups -OCH3 is 1. The van der Waals surface area contributed by atoms with E-state index in [1.807, 2.05) is 12.1 Å². The number of hydrogen-bond donors (Lipinski definition) is 0. The maximum absolute atomic E-state index is 11.4. The van der Waals surface area contributed by atoms with Gasteiger partial charge in [-0.15, -0.1) is 0 Å².